The van der Waals surface area contributed by atoms with Gasteiger partial charge in [-0.1, -0.05) is 33.8 Å². The van der Waals surface area contributed by atoms with Gasteiger partial charge in [0.05, 0.1) is 12.2 Å². The van der Waals surface area contributed by atoms with Gasteiger partial charge in [-0.2, -0.15) is 0 Å². The van der Waals surface area contributed by atoms with Gasteiger partial charge in [-0.15, -0.1) is 0 Å². The average molecular weight is 447 g/mol. The fraction of sp³-hybridized carbons (Fsp3) is 0.769. The van der Waals surface area contributed by atoms with E-state index in [-0.39, 0.29) is 22.7 Å². The molecule has 0 aliphatic heterocycles. The van der Waals surface area contributed by atoms with Gasteiger partial charge in [0.15, 0.2) is 15.1 Å². The summed E-state index contributed by atoms with van der Waals surface area (Å²) in [6, 6.07) is 6.60. The highest BCUT2D eigenvalue weighted by molar-refractivity contribution is 6.74. The fourth-order valence-corrected chi connectivity index (χ4v) is 7.87. The van der Waals surface area contributed by atoms with E-state index in [1.54, 1.807) is 7.11 Å². The third-order valence-corrected chi connectivity index (χ3v) is 13.7. The Morgan fingerprint density at radius 2 is 1.94 bits per heavy atom. The van der Waals surface area contributed by atoms with E-state index in [1.165, 1.54) is 24.0 Å². The Hall–Kier alpha value is -0.883. The number of aliphatic hydroxyl groups is 1. The van der Waals surface area contributed by atoms with Crippen molar-refractivity contribution in [1.82, 2.24) is 0 Å². The molecular formula is C26H42O4Si. The predicted molar refractivity (Wildman–Crippen MR) is 127 cm³/mol. The van der Waals surface area contributed by atoms with Gasteiger partial charge in [0.1, 0.15) is 5.75 Å². The highest BCUT2D eigenvalue weighted by Crippen LogP contribution is 2.62. The van der Waals surface area contributed by atoms with Gasteiger partial charge in [0.25, 0.3) is 0 Å². The largest absolute Gasteiger partial charge is 0.468 e. The first-order valence-electron chi connectivity index (χ1n) is 12.1. The molecule has 2 fully saturated rings. The third-order valence-electron chi connectivity index (χ3n) is 9.20. The second kappa shape index (κ2) is 8.16. The molecule has 3 aliphatic carbocycles. The summed E-state index contributed by atoms with van der Waals surface area (Å²) < 4.78 is 17.6. The lowest BCUT2D eigenvalue weighted by molar-refractivity contribution is -0.0426. The van der Waals surface area contributed by atoms with Crippen LogP contribution in [0, 0.1) is 17.3 Å². The highest BCUT2D eigenvalue weighted by atomic mass is 28.4. The lowest BCUT2D eigenvalue weighted by Gasteiger charge is -2.52. The molecule has 1 aromatic rings. The molecule has 31 heavy (non-hydrogen) atoms. The van der Waals surface area contributed by atoms with Crippen LogP contribution in [-0.4, -0.2) is 39.5 Å². The molecule has 0 bridgehead atoms. The van der Waals surface area contributed by atoms with E-state index < -0.39 is 8.32 Å². The van der Waals surface area contributed by atoms with E-state index in [0.717, 1.165) is 25.0 Å². The van der Waals surface area contributed by atoms with Gasteiger partial charge in [-0.3, -0.25) is 0 Å². The van der Waals surface area contributed by atoms with Crippen LogP contribution >= 0.6 is 0 Å². The Morgan fingerprint density at radius 1 is 1.19 bits per heavy atom. The minimum Gasteiger partial charge on any atom is -0.468 e. The average Bonchev–Trinajstić information content (AvgIpc) is 2.95. The third kappa shape index (κ3) is 4.00. The first kappa shape index (κ1) is 23.3. The van der Waals surface area contributed by atoms with Gasteiger partial charge in [-0.25, -0.2) is 0 Å². The van der Waals surface area contributed by atoms with Crippen molar-refractivity contribution in [2.75, 3.05) is 13.9 Å². The molecule has 1 aromatic carbocycles. The molecule has 174 valence electrons. The summed E-state index contributed by atoms with van der Waals surface area (Å²) >= 11 is 0. The number of methoxy groups -OCH3 is 1. The molecule has 0 amide bonds. The lowest BCUT2D eigenvalue weighted by atomic mass is 9.55. The van der Waals surface area contributed by atoms with Crippen molar-refractivity contribution in [1.29, 1.82) is 0 Å². The van der Waals surface area contributed by atoms with Gasteiger partial charge < -0.3 is 19.0 Å². The smallest absolute Gasteiger partial charge is 0.192 e. The monoisotopic (exact) mass is 446 g/mol. The minimum atomic E-state index is -1.94. The summed E-state index contributed by atoms with van der Waals surface area (Å²) in [5.41, 5.74) is 3.02. The van der Waals surface area contributed by atoms with Crippen molar-refractivity contribution in [3.63, 3.8) is 0 Å². The topological polar surface area (TPSA) is 47.9 Å². The van der Waals surface area contributed by atoms with E-state index in [4.69, 9.17) is 13.9 Å². The van der Waals surface area contributed by atoms with Crippen LogP contribution in [0.25, 0.3) is 0 Å². The highest BCUT2D eigenvalue weighted by Gasteiger charge is 2.60. The normalized spacial score (nSPS) is 35.3. The molecule has 5 heteroatoms. The molecule has 0 saturated heterocycles. The summed E-state index contributed by atoms with van der Waals surface area (Å²) in [5.74, 6) is 2.67. The maximum absolute atomic E-state index is 11.2. The lowest BCUT2D eigenvalue weighted by Crippen LogP contribution is -2.52. The van der Waals surface area contributed by atoms with Crippen molar-refractivity contribution in [2.45, 2.75) is 96.1 Å². The summed E-state index contributed by atoms with van der Waals surface area (Å²) in [6.07, 6.45) is 5.15. The van der Waals surface area contributed by atoms with Crippen molar-refractivity contribution in [2.24, 2.45) is 17.3 Å². The van der Waals surface area contributed by atoms with Crippen LogP contribution in [0.5, 0.6) is 5.75 Å². The van der Waals surface area contributed by atoms with Crippen LogP contribution in [0.3, 0.4) is 0 Å². The van der Waals surface area contributed by atoms with Crippen LogP contribution in [-0.2, 0) is 15.6 Å². The molecule has 4 rings (SSSR count). The second-order valence-corrected chi connectivity index (χ2v) is 16.7. The molecule has 0 radical (unpaired) electrons. The molecule has 4 nitrogen and oxygen atoms in total. The van der Waals surface area contributed by atoms with Crippen LogP contribution < -0.4 is 4.74 Å². The number of hydrogen-bond acceptors (Lipinski definition) is 4. The van der Waals surface area contributed by atoms with E-state index in [1.807, 2.05) is 0 Å². The number of hydrogen-bond donors (Lipinski definition) is 1. The first-order valence-corrected chi connectivity index (χ1v) is 15.0. The zero-order chi connectivity index (χ0) is 22.6. The van der Waals surface area contributed by atoms with Gasteiger partial charge in [0.2, 0.25) is 0 Å². The van der Waals surface area contributed by atoms with Crippen molar-refractivity contribution >= 4 is 8.32 Å². The Kier molecular flexibility index (Phi) is 6.13. The molecule has 0 aromatic heterocycles. The van der Waals surface area contributed by atoms with Gasteiger partial charge in [-0.05, 0) is 96.7 Å². The maximum atomic E-state index is 11.2. The number of fused-ring (bicyclic) bond motifs is 5. The maximum Gasteiger partial charge on any atom is 0.192 e. The zero-order valence-corrected chi connectivity index (χ0v) is 21.5. The number of rotatable bonds is 5. The molecule has 2 saturated carbocycles. The Morgan fingerprint density at radius 3 is 2.61 bits per heavy atom. The summed E-state index contributed by atoms with van der Waals surface area (Å²) in [7, 11) is -0.285. The van der Waals surface area contributed by atoms with Gasteiger partial charge in [0, 0.05) is 7.11 Å². The number of aliphatic hydroxyl groups excluding tert-OH is 1. The molecule has 6 atom stereocenters. The molecule has 0 spiro atoms. The van der Waals surface area contributed by atoms with Crippen LogP contribution in [0.1, 0.15) is 70.4 Å². The second-order valence-electron chi connectivity index (χ2n) is 12.0. The Balaban J connectivity index is 1.56. The number of benzene rings is 1. The quantitative estimate of drug-likeness (QED) is 0.453. The van der Waals surface area contributed by atoms with E-state index in [0.29, 0.717) is 24.5 Å². The Labute approximate surface area is 189 Å². The number of aryl methyl sites for hydroxylation is 1. The molecule has 0 unspecified atom stereocenters. The van der Waals surface area contributed by atoms with E-state index >= 15 is 0 Å². The summed E-state index contributed by atoms with van der Waals surface area (Å²) in [5, 5.41) is 11.3. The van der Waals surface area contributed by atoms with E-state index in [9.17, 15) is 5.11 Å². The minimum absolute atomic E-state index is 0.0226. The van der Waals surface area contributed by atoms with Crippen LogP contribution in [0.2, 0.25) is 18.1 Å². The van der Waals surface area contributed by atoms with Crippen molar-refractivity contribution in [3.8, 4) is 5.75 Å². The van der Waals surface area contributed by atoms with Crippen molar-refractivity contribution in [3.05, 3.63) is 29.3 Å². The van der Waals surface area contributed by atoms with E-state index in [2.05, 4.69) is 59.0 Å². The molecular weight excluding hydrogens is 404 g/mol. The summed E-state index contributed by atoms with van der Waals surface area (Å²) in [4.78, 5) is 0. The fourth-order valence-electron chi connectivity index (χ4n) is 6.45. The summed E-state index contributed by atoms with van der Waals surface area (Å²) in [6.45, 7) is 14.2. The van der Waals surface area contributed by atoms with Crippen LogP contribution in [0.15, 0.2) is 18.2 Å². The first-order chi connectivity index (χ1) is 14.5. The standard InChI is InChI=1S/C26H42O4Si/c1-25(2,3)31(6,7)30-24-23(27)15-22-21-10-8-17-14-18(29-16-28-5)9-11-19(17)20(21)12-13-26(22,24)4/h9,11,14,20-24,27H,8,10,12-13,15-16H2,1-7H3/t20-,21-,22+,23+,24+,26+/m1/s1. The molecule has 0 heterocycles. The zero-order valence-electron chi connectivity index (χ0n) is 20.5. The SMILES string of the molecule is COCOc1ccc2c(c1)CC[C@@H]1[C@@H]2CC[C@@]2(C)[C@H]1C[C@H](O)[C@@H]2O[Si](C)(C)C(C)(C)C. The van der Waals surface area contributed by atoms with Crippen LogP contribution in [0.4, 0.5) is 0 Å². The van der Waals surface area contributed by atoms with Gasteiger partial charge >= 0.3 is 0 Å². The van der Waals surface area contributed by atoms with Crippen molar-refractivity contribution < 1.29 is 19.0 Å². The Bertz CT molecular complexity index is 801. The molecule has 1 N–H and O–H groups in total. The predicted octanol–water partition coefficient (Wildman–Crippen LogP) is 5.89. The molecule has 3 aliphatic rings. The number of ether oxygens (including phenoxy) is 2.